The molecule has 2 aromatic heterocycles. The summed E-state index contributed by atoms with van der Waals surface area (Å²) in [6, 6.07) is 9.09. The Kier molecular flexibility index (Phi) is 4.65. The number of nitrogens with two attached hydrogens (primary N) is 1. The average molecular weight is 276 g/mol. The standard InChI is InChI=1S/C14H16N2O2S/c1-2-18-14(17)11(15)9-10-5-3-6-12(16-10)13-7-4-8-19-13/h3-8,11H,2,9,15H2,1H3. The summed E-state index contributed by atoms with van der Waals surface area (Å²) in [6.07, 6.45) is 0.387. The number of hydrogen-bond acceptors (Lipinski definition) is 5. The Hall–Kier alpha value is -1.72. The molecule has 0 saturated heterocycles. The van der Waals surface area contributed by atoms with Crippen molar-refractivity contribution in [1.29, 1.82) is 0 Å². The van der Waals surface area contributed by atoms with Crippen molar-refractivity contribution in [3.05, 3.63) is 41.4 Å². The van der Waals surface area contributed by atoms with Crippen molar-refractivity contribution < 1.29 is 9.53 Å². The van der Waals surface area contributed by atoms with Crippen LogP contribution in [0.5, 0.6) is 0 Å². The van der Waals surface area contributed by atoms with Crippen molar-refractivity contribution in [3.8, 4) is 10.6 Å². The number of nitrogens with zero attached hydrogens (tertiary/aromatic N) is 1. The quantitative estimate of drug-likeness (QED) is 0.851. The smallest absolute Gasteiger partial charge is 0.323 e. The molecule has 0 saturated carbocycles. The van der Waals surface area contributed by atoms with Crippen LogP contribution in [0.25, 0.3) is 10.6 Å². The maximum atomic E-state index is 11.5. The van der Waals surface area contributed by atoms with Gasteiger partial charge in [0.1, 0.15) is 6.04 Å². The lowest BCUT2D eigenvalue weighted by Gasteiger charge is -2.10. The molecule has 0 aliphatic heterocycles. The third-order valence-corrected chi connectivity index (χ3v) is 3.49. The van der Waals surface area contributed by atoms with Crippen LogP contribution in [-0.2, 0) is 16.0 Å². The molecular formula is C14H16N2O2S. The summed E-state index contributed by atoms with van der Waals surface area (Å²) in [5, 5.41) is 2.01. The molecule has 0 bridgehead atoms. The normalized spacial score (nSPS) is 12.1. The van der Waals surface area contributed by atoms with E-state index in [1.54, 1.807) is 18.3 Å². The summed E-state index contributed by atoms with van der Waals surface area (Å²) < 4.78 is 4.89. The molecule has 0 radical (unpaired) electrons. The van der Waals surface area contributed by atoms with E-state index in [0.717, 1.165) is 16.3 Å². The molecule has 2 aromatic rings. The van der Waals surface area contributed by atoms with Gasteiger partial charge in [-0.05, 0) is 30.5 Å². The van der Waals surface area contributed by atoms with Crippen LogP contribution in [0, 0.1) is 0 Å². The maximum Gasteiger partial charge on any atom is 0.323 e. The first kappa shape index (κ1) is 13.7. The first-order valence-electron chi connectivity index (χ1n) is 6.12. The minimum Gasteiger partial charge on any atom is -0.465 e. The fourth-order valence-corrected chi connectivity index (χ4v) is 2.41. The highest BCUT2D eigenvalue weighted by Gasteiger charge is 2.16. The molecule has 4 nitrogen and oxygen atoms in total. The number of aromatic nitrogens is 1. The van der Waals surface area contributed by atoms with E-state index in [9.17, 15) is 4.79 Å². The number of pyridine rings is 1. The summed E-state index contributed by atoms with van der Waals surface area (Å²) in [6.45, 7) is 2.11. The Morgan fingerprint density at radius 2 is 2.26 bits per heavy atom. The van der Waals surface area contributed by atoms with Crippen molar-refractivity contribution >= 4 is 17.3 Å². The van der Waals surface area contributed by atoms with Gasteiger partial charge in [-0.3, -0.25) is 9.78 Å². The third-order valence-electron chi connectivity index (χ3n) is 2.60. The predicted octanol–water partition coefficient (Wildman–Crippen LogP) is 2.24. The maximum absolute atomic E-state index is 11.5. The highest BCUT2D eigenvalue weighted by molar-refractivity contribution is 7.13. The van der Waals surface area contributed by atoms with Gasteiger partial charge in [-0.15, -0.1) is 11.3 Å². The summed E-state index contributed by atoms with van der Waals surface area (Å²) in [7, 11) is 0. The van der Waals surface area contributed by atoms with E-state index in [-0.39, 0.29) is 5.97 Å². The van der Waals surface area contributed by atoms with Crippen molar-refractivity contribution in [2.45, 2.75) is 19.4 Å². The van der Waals surface area contributed by atoms with Gasteiger partial charge >= 0.3 is 5.97 Å². The Labute approximate surface area is 116 Å². The predicted molar refractivity (Wildman–Crippen MR) is 75.9 cm³/mol. The summed E-state index contributed by atoms with van der Waals surface area (Å²) >= 11 is 1.63. The highest BCUT2D eigenvalue weighted by Crippen LogP contribution is 2.22. The SMILES string of the molecule is CCOC(=O)C(N)Cc1cccc(-c2cccs2)n1. The zero-order valence-electron chi connectivity index (χ0n) is 10.7. The van der Waals surface area contributed by atoms with Crippen LogP contribution in [-0.4, -0.2) is 23.6 Å². The summed E-state index contributed by atoms with van der Waals surface area (Å²) in [5.41, 5.74) is 7.50. The number of esters is 1. The number of ether oxygens (including phenoxy) is 1. The van der Waals surface area contributed by atoms with Gasteiger partial charge in [0.2, 0.25) is 0 Å². The second-order valence-electron chi connectivity index (χ2n) is 4.05. The van der Waals surface area contributed by atoms with Crippen LogP contribution in [0.2, 0.25) is 0 Å². The second-order valence-corrected chi connectivity index (χ2v) is 5.00. The van der Waals surface area contributed by atoms with Crippen LogP contribution >= 0.6 is 11.3 Å². The number of carbonyl (C=O) groups excluding carboxylic acids is 1. The van der Waals surface area contributed by atoms with Gasteiger partial charge in [-0.25, -0.2) is 0 Å². The molecule has 1 unspecified atom stereocenters. The van der Waals surface area contributed by atoms with Gasteiger partial charge in [-0.1, -0.05) is 12.1 Å². The van der Waals surface area contributed by atoms with Crippen LogP contribution in [0.1, 0.15) is 12.6 Å². The van der Waals surface area contributed by atoms with E-state index in [1.807, 2.05) is 35.7 Å². The van der Waals surface area contributed by atoms with E-state index < -0.39 is 6.04 Å². The molecule has 2 heterocycles. The molecule has 0 fully saturated rings. The largest absolute Gasteiger partial charge is 0.465 e. The Morgan fingerprint density at radius 1 is 1.42 bits per heavy atom. The summed E-state index contributed by atoms with van der Waals surface area (Å²) in [4.78, 5) is 17.1. The Morgan fingerprint density at radius 3 is 2.95 bits per heavy atom. The van der Waals surface area contributed by atoms with Crippen molar-refractivity contribution in [3.63, 3.8) is 0 Å². The lowest BCUT2D eigenvalue weighted by molar-refractivity contribution is -0.144. The zero-order chi connectivity index (χ0) is 13.7. The Balaban J connectivity index is 2.09. The molecule has 0 amide bonds. The topological polar surface area (TPSA) is 65.2 Å². The fourth-order valence-electron chi connectivity index (χ4n) is 1.71. The number of thiophene rings is 1. The van der Waals surface area contributed by atoms with E-state index >= 15 is 0 Å². The highest BCUT2D eigenvalue weighted by atomic mass is 32.1. The lowest BCUT2D eigenvalue weighted by atomic mass is 10.1. The third kappa shape index (κ3) is 3.62. The van der Waals surface area contributed by atoms with Crippen molar-refractivity contribution in [1.82, 2.24) is 4.98 Å². The first-order chi connectivity index (χ1) is 9.20. The van der Waals surface area contributed by atoms with Crippen molar-refractivity contribution in [2.75, 3.05) is 6.61 Å². The molecule has 100 valence electrons. The molecule has 1 atom stereocenters. The first-order valence-corrected chi connectivity index (χ1v) is 7.00. The second kappa shape index (κ2) is 6.45. The van der Waals surface area contributed by atoms with Crippen LogP contribution < -0.4 is 5.73 Å². The molecule has 5 heteroatoms. The van der Waals surface area contributed by atoms with Gasteiger partial charge < -0.3 is 10.5 Å². The monoisotopic (exact) mass is 276 g/mol. The van der Waals surface area contributed by atoms with Crippen molar-refractivity contribution in [2.24, 2.45) is 5.73 Å². The minimum absolute atomic E-state index is 0.342. The summed E-state index contributed by atoms with van der Waals surface area (Å²) in [5.74, 6) is -0.383. The fraction of sp³-hybridized carbons (Fsp3) is 0.286. The lowest BCUT2D eigenvalue weighted by Crippen LogP contribution is -2.34. The number of rotatable bonds is 5. The zero-order valence-corrected chi connectivity index (χ0v) is 11.5. The van der Waals surface area contributed by atoms with Gasteiger partial charge in [0, 0.05) is 12.1 Å². The van der Waals surface area contributed by atoms with E-state index in [0.29, 0.717) is 13.0 Å². The average Bonchev–Trinajstić information content (AvgIpc) is 2.93. The molecule has 2 rings (SSSR count). The molecule has 19 heavy (non-hydrogen) atoms. The van der Waals surface area contributed by atoms with Gasteiger partial charge in [0.05, 0.1) is 17.2 Å². The van der Waals surface area contributed by atoms with Crippen LogP contribution in [0.3, 0.4) is 0 Å². The molecule has 0 spiro atoms. The van der Waals surface area contributed by atoms with Crippen LogP contribution in [0.15, 0.2) is 35.7 Å². The van der Waals surface area contributed by atoms with Crippen LogP contribution in [0.4, 0.5) is 0 Å². The molecule has 2 N–H and O–H groups in total. The molecule has 0 aliphatic carbocycles. The Bertz CT molecular complexity index is 540. The van der Waals surface area contributed by atoms with Gasteiger partial charge in [0.25, 0.3) is 0 Å². The molecular weight excluding hydrogens is 260 g/mol. The van der Waals surface area contributed by atoms with E-state index in [2.05, 4.69) is 4.98 Å². The number of carbonyl (C=O) groups is 1. The van der Waals surface area contributed by atoms with E-state index in [4.69, 9.17) is 10.5 Å². The minimum atomic E-state index is -0.661. The number of hydrogen-bond donors (Lipinski definition) is 1. The van der Waals surface area contributed by atoms with Gasteiger partial charge in [-0.2, -0.15) is 0 Å². The van der Waals surface area contributed by atoms with Gasteiger partial charge in [0.15, 0.2) is 0 Å². The van der Waals surface area contributed by atoms with E-state index in [1.165, 1.54) is 0 Å². The molecule has 0 aromatic carbocycles. The molecule has 0 aliphatic rings.